The fourth-order valence-corrected chi connectivity index (χ4v) is 2.95. The molecule has 0 aromatic carbocycles. The Hall–Kier alpha value is -2.90. The molecule has 24 heavy (non-hydrogen) atoms. The van der Waals surface area contributed by atoms with Gasteiger partial charge < -0.3 is 13.9 Å². The molecule has 0 spiro atoms. The van der Waals surface area contributed by atoms with E-state index in [-0.39, 0.29) is 5.91 Å². The smallest absolute Gasteiger partial charge is 0.289 e. The molecule has 0 unspecified atom stereocenters. The molecule has 0 saturated heterocycles. The molecule has 1 amide bonds. The lowest BCUT2D eigenvalue weighted by Crippen LogP contribution is -2.33. The molecule has 0 N–H and O–H groups in total. The number of hydrogen-bond acceptors (Lipinski definition) is 5. The first-order valence-electron chi connectivity index (χ1n) is 7.95. The lowest BCUT2D eigenvalue weighted by molar-refractivity contribution is 0.0725. The fourth-order valence-electron chi connectivity index (χ4n) is 2.95. The number of rotatable bonds is 3. The zero-order valence-corrected chi connectivity index (χ0v) is 13.4. The van der Waals surface area contributed by atoms with Crippen LogP contribution in [0.5, 0.6) is 0 Å². The minimum absolute atomic E-state index is 0.0737. The van der Waals surface area contributed by atoms with Crippen molar-refractivity contribution in [3.05, 3.63) is 53.8 Å². The van der Waals surface area contributed by atoms with Crippen molar-refractivity contribution in [1.29, 1.82) is 0 Å². The molecule has 0 aliphatic carbocycles. The molecular formula is C16H18N6O2. The van der Waals surface area contributed by atoms with E-state index in [0.717, 1.165) is 17.4 Å². The Kier molecular flexibility index (Phi) is 3.64. The van der Waals surface area contributed by atoms with E-state index < -0.39 is 0 Å². The quantitative estimate of drug-likeness (QED) is 0.720. The average Bonchev–Trinajstić information content (AvgIpc) is 3.28. The summed E-state index contributed by atoms with van der Waals surface area (Å²) in [4.78, 5) is 14.4. The van der Waals surface area contributed by atoms with Gasteiger partial charge in [0.1, 0.15) is 18.1 Å². The number of furan rings is 1. The molecule has 124 valence electrons. The topological polar surface area (TPSA) is 82.0 Å². The van der Waals surface area contributed by atoms with Crippen molar-refractivity contribution in [1.82, 2.24) is 29.4 Å². The highest BCUT2D eigenvalue weighted by Gasteiger charge is 2.24. The van der Waals surface area contributed by atoms with Crippen LogP contribution in [0.15, 0.2) is 35.0 Å². The zero-order chi connectivity index (χ0) is 16.5. The lowest BCUT2D eigenvalue weighted by Gasteiger charge is -2.18. The third-order valence-electron chi connectivity index (χ3n) is 4.20. The minimum atomic E-state index is -0.0737. The predicted molar refractivity (Wildman–Crippen MR) is 84.4 cm³/mol. The first-order chi connectivity index (χ1) is 11.7. The molecule has 4 heterocycles. The van der Waals surface area contributed by atoms with Crippen LogP contribution in [0, 0.1) is 6.92 Å². The van der Waals surface area contributed by atoms with Crippen LogP contribution in [-0.2, 0) is 19.5 Å². The van der Waals surface area contributed by atoms with E-state index in [1.54, 1.807) is 12.3 Å². The summed E-state index contributed by atoms with van der Waals surface area (Å²) >= 11 is 0. The molecular weight excluding hydrogens is 308 g/mol. The maximum absolute atomic E-state index is 12.6. The molecule has 8 heteroatoms. The number of amides is 1. The summed E-state index contributed by atoms with van der Waals surface area (Å²) in [5, 5.41) is 12.8. The molecule has 3 aromatic heterocycles. The van der Waals surface area contributed by atoms with E-state index in [9.17, 15) is 4.79 Å². The molecule has 0 fully saturated rings. The number of fused-ring (bicyclic) bond motifs is 1. The third kappa shape index (κ3) is 2.70. The predicted octanol–water partition coefficient (Wildman–Crippen LogP) is 1.12. The number of aryl methyl sites for hydroxylation is 1. The Labute approximate surface area is 138 Å². The maximum atomic E-state index is 12.6. The standard InChI is InChI=1S/C16H18N6O2/c1-12-3-4-13(24-12)16(23)20-8-5-14-18-19-15(22(14)10-9-20)11-21-7-2-6-17-21/h2-4,6-7H,5,8-11H2,1H3. The van der Waals surface area contributed by atoms with Crippen molar-refractivity contribution >= 4 is 5.91 Å². The second kappa shape index (κ2) is 5.95. The van der Waals surface area contributed by atoms with Gasteiger partial charge in [-0.2, -0.15) is 5.10 Å². The number of hydrogen-bond donors (Lipinski definition) is 0. The van der Waals surface area contributed by atoms with Gasteiger partial charge in [0.2, 0.25) is 0 Å². The summed E-state index contributed by atoms with van der Waals surface area (Å²) in [5.41, 5.74) is 0. The summed E-state index contributed by atoms with van der Waals surface area (Å²) < 4.78 is 9.36. The highest BCUT2D eigenvalue weighted by molar-refractivity contribution is 5.91. The van der Waals surface area contributed by atoms with Gasteiger partial charge in [0.15, 0.2) is 11.6 Å². The van der Waals surface area contributed by atoms with Gasteiger partial charge in [0.05, 0.1) is 0 Å². The second-order valence-corrected chi connectivity index (χ2v) is 5.84. The largest absolute Gasteiger partial charge is 0.456 e. The molecule has 4 rings (SSSR count). The van der Waals surface area contributed by atoms with E-state index in [1.807, 2.05) is 34.8 Å². The van der Waals surface area contributed by atoms with Gasteiger partial charge in [-0.15, -0.1) is 10.2 Å². The van der Waals surface area contributed by atoms with Crippen LogP contribution in [0.2, 0.25) is 0 Å². The van der Waals surface area contributed by atoms with E-state index >= 15 is 0 Å². The molecule has 0 atom stereocenters. The van der Waals surface area contributed by atoms with E-state index in [2.05, 4.69) is 19.9 Å². The van der Waals surface area contributed by atoms with E-state index in [1.165, 1.54) is 0 Å². The fraction of sp³-hybridized carbons (Fsp3) is 0.375. The van der Waals surface area contributed by atoms with Crippen molar-refractivity contribution in [3.8, 4) is 0 Å². The van der Waals surface area contributed by atoms with Gasteiger partial charge in [-0.25, -0.2) is 0 Å². The van der Waals surface area contributed by atoms with E-state index in [0.29, 0.717) is 38.4 Å². The molecule has 1 aliphatic rings. The summed E-state index contributed by atoms with van der Waals surface area (Å²) in [6.45, 7) is 4.30. The van der Waals surface area contributed by atoms with Crippen LogP contribution in [0.3, 0.4) is 0 Å². The summed E-state index contributed by atoms with van der Waals surface area (Å²) in [7, 11) is 0. The van der Waals surface area contributed by atoms with Crippen LogP contribution in [-0.4, -0.2) is 48.4 Å². The summed E-state index contributed by atoms with van der Waals surface area (Å²) in [6.07, 6.45) is 4.32. The summed E-state index contributed by atoms with van der Waals surface area (Å²) in [6, 6.07) is 5.42. The molecule has 8 nitrogen and oxygen atoms in total. The van der Waals surface area contributed by atoms with Crippen LogP contribution in [0.4, 0.5) is 0 Å². The Morgan fingerprint density at radius 3 is 2.92 bits per heavy atom. The van der Waals surface area contributed by atoms with Gasteiger partial charge in [0, 0.05) is 38.4 Å². The van der Waals surface area contributed by atoms with Crippen LogP contribution >= 0.6 is 0 Å². The zero-order valence-electron chi connectivity index (χ0n) is 13.4. The number of carbonyl (C=O) groups excluding carboxylic acids is 1. The Morgan fingerprint density at radius 2 is 2.17 bits per heavy atom. The molecule has 1 aliphatic heterocycles. The van der Waals surface area contributed by atoms with Gasteiger partial charge in [-0.1, -0.05) is 0 Å². The van der Waals surface area contributed by atoms with Gasteiger partial charge in [-0.3, -0.25) is 9.48 Å². The van der Waals surface area contributed by atoms with E-state index in [4.69, 9.17) is 4.42 Å². The van der Waals surface area contributed by atoms with Crippen molar-refractivity contribution in [2.24, 2.45) is 0 Å². The van der Waals surface area contributed by atoms with Crippen LogP contribution < -0.4 is 0 Å². The van der Waals surface area contributed by atoms with Gasteiger partial charge >= 0.3 is 0 Å². The highest BCUT2D eigenvalue weighted by atomic mass is 16.3. The SMILES string of the molecule is Cc1ccc(C(=O)N2CCc3nnc(Cn4cccn4)n3CC2)o1. The van der Waals surface area contributed by atoms with Gasteiger partial charge in [0.25, 0.3) is 5.91 Å². The number of nitrogens with zero attached hydrogens (tertiary/aromatic N) is 6. The average molecular weight is 326 g/mol. The Bertz CT molecular complexity index is 848. The second-order valence-electron chi connectivity index (χ2n) is 5.84. The Morgan fingerprint density at radius 1 is 1.25 bits per heavy atom. The maximum Gasteiger partial charge on any atom is 0.289 e. The third-order valence-corrected chi connectivity index (χ3v) is 4.20. The molecule has 0 bridgehead atoms. The van der Waals surface area contributed by atoms with Crippen molar-refractivity contribution in [2.75, 3.05) is 13.1 Å². The normalized spacial score (nSPS) is 14.5. The first kappa shape index (κ1) is 14.7. The van der Waals surface area contributed by atoms with Crippen LogP contribution in [0.1, 0.15) is 28.0 Å². The van der Waals surface area contributed by atoms with Crippen LogP contribution in [0.25, 0.3) is 0 Å². The lowest BCUT2D eigenvalue weighted by atomic mass is 10.3. The van der Waals surface area contributed by atoms with Gasteiger partial charge in [-0.05, 0) is 25.1 Å². The summed E-state index contributed by atoms with van der Waals surface area (Å²) in [5.74, 6) is 2.82. The molecule has 0 saturated carbocycles. The van der Waals surface area contributed by atoms with Crippen molar-refractivity contribution in [3.63, 3.8) is 0 Å². The highest BCUT2D eigenvalue weighted by Crippen LogP contribution is 2.14. The number of carbonyl (C=O) groups is 1. The monoisotopic (exact) mass is 326 g/mol. The van der Waals surface area contributed by atoms with Crippen molar-refractivity contribution < 1.29 is 9.21 Å². The minimum Gasteiger partial charge on any atom is -0.456 e. The molecule has 3 aromatic rings. The first-order valence-corrected chi connectivity index (χ1v) is 7.95. The van der Waals surface area contributed by atoms with Crippen molar-refractivity contribution in [2.45, 2.75) is 26.4 Å². The molecule has 0 radical (unpaired) electrons. The number of aromatic nitrogens is 5. The Balaban J connectivity index is 1.50.